The predicted octanol–water partition coefficient (Wildman–Crippen LogP) is 3.89. The lowest BCUT2D eigenvalue weighted by Gasteiger charge is -2.17. The maximum Gasteiger partial charge on any atom is 0.339 e. The van der Waals surface area contributed by atoms with Gasteiger partial charge in [0.1, 0.15) is 5.82 Å². The van der Waals surface area contributed by atoms with Crippen LogP contribution in [0.4, 0.5) is 5.82 Å². The predicted molar refractivity (Wildman–Crippen MR) is 107 cm³/mol. The molecule has 0 unspecified atom stereocenters. The summed E-state index contributed by atoms with van der Waals surface area (Å²) in [7, 11) is 0. The van der Waals surface area contributed by atoms with Gasteiger partial charge in [-0.1, -0.05) is 25.1 Å². The maximum absolute atomic E-state index is 12.7. The number of aryl methyl sites for hydroxylation is 1. The smallest absolute Gasteiger partial charge is 0.339 e. The van der Waals surface area contributed by atoms with Crippen molar-refractivity contribution in [2.45, 2.75) is 46.3 Å². The van der Waals surface area contributed by atoms with Gasteiger partial charge >= 0.3 is 5.97 Å². The number of ether oxygens (including phenoxy) is 1. The minimum Gasteiger partial charge on any atom is -0.449 e. The summed E-state index contributed by atoms with van der Waals surface area (Å²) in [5.41, 5.74) is 1.82. The fourth-order valence-corrected chi connectivity index (χ4v) is 2.92. The van der Waals surface area contributed by atoms with Crippen molar-refractivity contribution < 1.29 is 14.3 Å². The molecule has 0 aliphatic heterocycles. The zero-order chi connectivity index (χ0) is 20.3. The fourth-order valence-electron chi connectivity index (χ4n) is 2.92. The third-order valence-electron chi connectivity index (χ3n) is 4.65. The molecular weight excluding hydrogens is 356 g/mol. The van der Waals surface area contributed by atoms with Crippen LogP contribution in [-0.4, -0.2) is 32.7 Å². The minimum absolute atomic E-state index is 0.148. The van der Waals surface area contributed by atoms with Gasteiger partial charge in [-0.2, -0.15) is 5.10 Å². The van der Waals surface area contributed by atoms with E-state index in [2.05, 4.69) is 15.4 Å². The highest BCUT2D eigenvalue weighted by Crippen LogP contribution is 2.20. The molecule has 7 nitrogen and oxygen atoms in total. The average molecular weight is 380 g/mol. The van der Waals surface area contributed by atoms with E-state index < -0.39 is 18.0 Å². The van der Waals surface area contributed by atoms with Gasteiger partial charge in [0.05, 0.1) is 23.3 Å². The van der Waals surface area contributed by atoms with Gasteiger partial charge in [-0.15, -0.1) is 0 Å². The lowest BCUT2D eigenvalue weighted by Crippen LogP contribution is -2.31. The molecular formula is C21H24N4O3. The molecule has 2 aromatic heterocycles. The van der Waals surface area contributed by atoms with Crippen LogP contribution in [0.3, 0.4) is 0 Å². The molecule has 0 fully saturated rings. The summed E-state index contributed by atoms with van der Waals surface area (Å²) in [4.78, 5) is 29.7. The molecule has 0 spiro atoms. The number of nitrogens with one attached hydrogen (secondary N) is 1. The van der Waals surface area contributed by atoms with E-state index in [1.807, 2.05) is 45.0 Å². The van der Waals surface area contributed by atoms with Crippen molar-refractivity contribution in [2.75, 3.05) is 5.32 Å². The number of pyridine rings is 1. The van der Waals surface area contributed by atoms with Gasteiger partial charge in [-0.25, -0.2) is 9.48 Å². The van der Waals surface area contributed by atoms with E-state index in [0.717, 1.165) is 6.42 Å². The highest BCUT2D eigenvalue weighted by atomic mass is 16.5. The number of rotatable bonds is 6. The van der Waals surface area contributed by atoms with Crippen LogP contribution in [0.5, 0.6) is 0 Å². The molecule has 1 aromatic carbocycles. The van der Waals surface area contributed by atoms with Crippen LogP contribution in [0.15, 0.2) is 42.6 Å². The van der Waals surface area contributed by atoms with Crippen LogP contribution >= 0.6 is 0 Å². The zero-order valence-corrected chi connectivity index (χ0v) is 16.5. The first-order valence-corrected chi connectivity index (χ1v) is 9.32. The molecule has 3 rings (SSSR count). The molecule has 0 saturated heterocycles. The average Bonchev–Trinajstić information content (AvgIpc) is 3.14. The van der Waals surface area contributed by atoms with E-state index in [9.17, 15) is 9.59 Å². The minimum atomic E-state index is -0.958. The Bertz CT molecular complexity index is 1010. The molecule has 2 atom stereocenters. The number of hydrogen-bond donors (Lipinski definition) is 1. The van der Waals surface area contributed by atoms with E-state index in [4.69, 9.17) is 4.74 Å². The summed E-state index contributed by atoms with van der Waals surface area (Å²) >= 11 is 0. The van der Waals surface area contributed by atoms with Crippen LogP contribution in [0, 0.1) is 6.92 Å². The van der Waals surface area contributed by atoms with E-state index >= 15 is 0 Å². The third-order valence-corrected chi connectivity index (χ3v) is 4.65. The van der Waals surface area contributed by atoms with E-state index in [1.165, 1.54) is 0 Å². The van der Waals surface area contributed by atoms with Crippen molar-refractivity contribution in [3.05, 3.63) is 53.9 Å². The van der Waals surface area contributed by atoms with Gasteiger partial charge in [-0.05, 0) is 39.3 Å². The molecule has 1 amide bonds. The number of para-hydroxylation sites is 1. The molecule has 0 bridgehead atoms. The van der Waals surface area contributed by atoms with Crippen molar-refractivity contribution in [1.82, 2.24) is 14.8 Å². The summed E-state index contributed by atoms with van der Waals surface area (Å²) < 4.78 is 7.17. The van der Waals surface area contributed by atoms with E-state index in [1.54, 1.807) is 29.9 Å². The first kappa shape index (κ1) is 19.5. The lowest BCUT2D eigenvalue weighted by atomic mass is 10.1. The van der Waals surface area contributed by atoms with Crippen molar-refractivity contribution in [3.8, 4) is 0 Å². The Labute approximate surface area is 163 Å². The van der Waals surface area contributed by atoms with Gasteiger partial charge < -0.3 is 10.1 Å². The molecule has 0 radical (unpaired) electrons. The molecule has 146 valence electrons. The van der Waals surface area contributed by atoms with Gasteiger partial charge in [0.15, 0.2) is 6.10 Å². The maximum atomic E-state index is 12.7. The standard InChI is InChI=1S/C21H24N4O3/c1-5-14(3)25-19(10-11-22-25)24-20(26)15(4)28-21(27)17-12-13(2)23-18-9-7-6-8-16(17)18/h6-12,14-15H,5H2,1-4H3,(H,24,26)/t14-,15-/m1/s1. The third kappa shape index (κ3) is 4.03. The number of benzene rings is 1. The van der Waals surface area contributed by atoms with Gasteiger partial charge in [0, 0.05) is 17.1 Å². The van der Waals surface area contributed by atoms with Crippen molar-refractivity contribution in [3.63, 3.8) is 0 Å². The number of anilines is 1. The monoisotopic (exact) mass is 380 g/mol. The quantitative estimate of drug-likeness (QED) is 0.656. The number of amides is 1. The Balaban J connectivity index is 1.75. The number of carbonyl (C=O) groups excluding carboxylic acids is 2. The molecule has 0 aliphatic carbocycles. The Morgan fingerprint density at radius 1 is 1.21 bits per heavy atom. The number of nitrogens with zero attached hydrogens (tertiary/aromatic N) is 3. The fraction of sp³-hybridized carbons (Fsp3) is 0.333. The number of carbonyl (C=O) groups is 2. The van der Waals surface area contributed by atoms with Gasteiger partial charge in [0.25, 0.3) is 5.91 Å². The summed E-state index contributed by atoms with van der Waals surface area (Å²) in [6.07, 6.45) is 1.55. The van der Waals surface area contributed by atoms with Gasteiger partial charge in [-0.3, -0.25) is 9.78 Å². The summed E-state index contributed by atoms with van der Waals surface area (Å²) in [6, 6.07) is 10.9. The Morgan fingerprint density at radius 2 is 1.96 bits per heavy atom. The second-order valence-corrected chi connectivity index (χ2v) is 6.78. The molecule has 7 heteroatoms. The zero-order valence-electron chi connectivity index (χ0n) is 16.5. The van der Waals surface area contributed by atoms with Crippen LogP contribution < -0.4 is 5.32 Å². The van der Waals surface area contributed by atoms with Crippen molar-refractivity contribution >= 4 is 28.6 Å². The topological polar surface area (TPSA) is 86.1 Å². The van der Waals surface area contributed by atoms with Crippen LogP contribution in [0.1, 0.15) is 49.3 Å². The first-order chi connectivity index (χ1) is 13.4. The normalized spacial score (nSPS) is 13.1. The van der Waals surface area contributed by atoms with E-state index in [0.29, 0.717) is 28.0 Å². The SMILES string of the molecule is CC[C@@H](C)n1nccc1NC(=O)[C@@H](C)OC(=O)c1cc(C)nc2ccccc12. The summed E-state index contributed by atoms with van der Waals surface area (Å²) in [5, 5.41) is 7.72. The molecule has 0 saturated carbocycles. The molecule has 3 aromatic rings. The highest BCUT2D eigenvalue weighted by molar-refractivity contribution is 6.04. The first-order valence-electron chi connectivity index (χ1n) is 9.32. The molecule has 0 aliphatic rings. The largest absolute Gasteiger partial charge is 0.449 e. The second kappa shape index (κ2) is 8.21. The summed E-state index contributed by atoms with van der Waals surface area (Å²) in [6.45, 7) is 7.43. The lowest BCUT2D eigenvalue weighted by molar-refractivity contribution is -0.123. The van der Waals surface area contributed by atoms with E-state index in [-0.39, 0.29) is 6.04 Å². The molecule has 2 heterocycles. The molecule has 1 N–H and O–H groups in total. The Morgan fingerprint density at radius 3 is 2.71 bits per heavy atom. The number of fused-ring (bicyclic) bond motifs is 1. The number of esters is 1. The highest BCUT2D eigenvalue weighted by Gasteiger charge is 2.22. The van der Waals surface area contributed by atoms with Crippen LogP contribution in [0.2, 0.25) is 0 Å². The number of hydrogen-bond acceptors (Lipinski definition) is 5. The van der Waals surface area contributed by atoms with Gasteiger partial charge in [0.2, 0.25) is 0 Å². The van der Waals surface area contributed by atoms with Crippen molar-refractivity contribution in [1.29, 1.82) is 0 Å². The van der Waals surface area contributed by atoms with Crippen LogP contribution in [-0.2, 0) is 9.53 Å². The van der Waals surface area contributed by atoms with Crippen LogP contribution in [0.25, 0.3) is 10.9 Å². The Kier molecular flexibility index (Phi) is 5.73. The van der Waals surface area contributed by atoms with Crippen molar-refractivity contribution in [2.24, 2.45) is 0 Å². The summed E-state index contributed by atoms with van der Waals surface area (Å²) in [5.74, 6) is -0.388. The second-order valence-electron chi connectivity index (χ2n) is 6.78. The Hall–Kier alpha value is -3.22. The number of aromatic nitrogens is 3. The molecule has 28 heavy (non-hydrogen) atoms.